The number of aryl methyl sites for hydroxylation is 1. The summed E-state index contributed by atoms with van der Waals surface area (Å²) >= 11 is 0. The van der Waals surface area contributed by atoms with Crippen LogP contribution < -0.4 is 9.92 Å². The summed E-state index contributed by atoms with van der Waals surface area (Å²) < 4.78 is 5.94. The normalized spacial score (nSPS) is 11.4. The smallest absolute Gasteiger partial charge is 0.122 e. The molecule has 0 aromatic heterocycles. The van der Waals surface area contributed by atoms with Crippen molar-refractivity contribution in [2.24, 2.45) is 0 Å². The summed E-state index contributed by atoms with van der Waals surface area (Å²) in [6.07, 6.45) is 0. The third kappa shape index (κ3) is 3.51. The van der Waals surface area contributed by atoms with Gasteiger partial charge in [0.25, 0.3) is 0 Å². The molecule has 0 spiro atoms. The van der Waals surface area contributed by atoms with E-state index in [0.29, 0.717) is 6.61 Å². The Kier molecular flexibility index (Phi) is 4.34. The zero-order valence-electron chi connectivity index (χ0n) is 13.2. The van der Waals surface area contributed by atoms with Gasteiger partial charge in [-0.2, -0.15) is 0 Å². The molecule has 2 rings (SSSR count). The predicted molar refractivity (Wildman–Crippen MR) is 89.7 cm³/mol. The standard InChI is InChI=1S/C18H24OSi/c1-14-7-6-8-18(15(14)2)19-13-16-9-11-17(12-10-16)20(3,4)5/h6-12H,13H2,1-5H3. The Morgan fingerprint density at radius 2 is 1.55 bits per heavy atom. The van der Waals surface area contributed by atoms with E-state index < -0.39 is 8.07 Å². The van der Waals surface area contributed by atoms with Crippen LogP contribution in [0.5, 0.6) is 5.75 Å². The molecule has 0 atom stereocenters. The van der Waals surface area contributed by atoms with Crippen molar-refractivity contribution in [3.8, 4) is 5.75 Å². The lowest BCUT2D eigenvalue weighted by Gasteiger charge is -2.17. The summed E-state index contributed by atoms with van der Waals surface area (Å²) in [4.78, 5) is 0. The van der Waals surface area contributed by atoms with Crippen molar-refractivity contribution in [2.45, 2.75) is 40.1 Å². The molecule has 0 fully saturated rings. The van der Waals surface area contributed by atoms with Crippen LogP contribution in [-0.4, -0.2) is 8.07 Å². The highest BCUT2D eigenvalue weighted by molar-refractivity contribution is 6.88. The van der Waals surface area contributed by atoms with E-state index in [2.05, 4.69) is 63.8 Å². The van der Waals surface area contributed by atoms with Gasteiger partial charge in [-0.3, -0.25) is 0 Å². The minimum Gasteiger partial charge on any atom is -0.489 e. The van der Waals surface area contributed by atoms with Gasteiger partial charge >= 0.3 is 0 Å². The average Bonchev–Trinajstić information content (AvgIpc) is 2.40. The Hall–Kier alpha value is -1.54. The summed E-state index contributed by atoms with van der Waals surface area (Å²) in [5.74, 6) is 0.985. The van der Waals surface area contributed by atoms with Gasteiger partial charge in [-0.15, -0.1) is 0 Å². The Bertz CT molecular complexity index is 579. The van der Waals surface area contributed by atoms with Crippen molar-refractivity contribution in [1.82, 2.24) is 0 Å². The summed E-state index contributed by atoms with van der Waals surface area (Å²) in [5, 5.41) is 1.49. The van der Waals surface area contributed by atoms with Gasteiger partial charge in [0.15, 0.2) is 0 Å². The van der Waals surface area contributed by atoms with Gasteiger partial charge < -0.3 is 4.74 Å². The second-order valence-electron chi connectivity index (χ2n) is 6.43. The Morgan fingerprint density at radius 3 is 2.15 bits per heavy atom. The van der Waals surface area contributed by atoms with Crippen molar-refractivity contribution in [1.29, 1.82) is 0 Å². The summed E-state index contributed by atoms with van der Waals surface area (Å²) in [7, 11) is -1.20. The van der Waals surface area contributed by atoms with E-state index in [1.165, 1.54) is 21.9 Å². The van der Waals surface area contributed by atoms with E-state index in [1.807, 2.05) is 12.1 Å². The van der Waals surface area contributed by atoms with Crippen LogP contribution in [0.15, 0.2) is 42.5 Å². The fraction of sp³-hybridized carbons (Fsp3) is 0.333. The van der Waals surface area contributed by atoms with Gasteiger partial charge in [0, 0.05) is 0 Å². The Labute approximate surface area is 123 Å². The molecule has 0 aliphatic carbocycles. The Morgan fingerprint density at radius 1 is 0.900 bits per heavy atom. The van der Waals surface area contributed by atoms with Crippen molar-refractivity contribution >= 4 is 13.3 Å². The van der Waals surface area contributed by atoms with Gasteiger partial charge in [0.2, 0.25) is 0 Å². The van der Waals surface area contributed by atoms with Crippen LogP contribution in [0.2, 0.25) is 19.6 Å². The molecule has 0 radical (unpaired) electrons. The lowest BCUT2D eigenvalue weighted by atomic mass is 10.1. The van der Waals surface area contributed by atoms with Crippen molar-refractivity contribution < 1.29 is 4.74 Å². The lowest BCUT2D eigenvalue weighted by molar-refractivity contribution is 0.304. The van der Waals surface area contributed by atoms with Crippen LogP contribution in [-0.2, 0) is 6.61 Å². The first-order chi connectivity index (χ1) is 9.38. The van der Waals surface area contributed by atoms with Gasteiger partial charge in [0.1, 0.15) is 12.4 Å². The van der Waals surface area contributed by atoms with Crippen molar-refractivity contribution in [3.05, 3.63) is 59.2 Å². The fourth-order valence-corrected chi connectivity index (χ4v) is 3.31. The van der Waals surface area contributed by atoms with Crippen molar-refractivity contribution in [2.75, 3.05) is 0 Å². The molecule has 0 saturated carbocycles. The quantitative estimate of drug-likeness (QED) is 0.755. The molecule has 1 nitrogen and oxygen atoms in total. The van der Waals surface area contributed by atoms with Gasteiger partial charge in [0.05, 0.1) is 8.07 Å². The fourth-order valence-electron chi connectivity index (χ4n) is 2.14. The van der Waals surface area contributed by atoms with E-state index in [1.54, 1.807) is 0 Å². The number of hydrogen-bond donors (Lipinski definition) is 0. The van der Waals surface area contributed by atoms with E-state index in [9.17, 15) is 0 Å². The molecular weight excluding hydrogens is 260 g/mol. The topological polar surface area (TPSA) is 9.23 Å². The molecule has 0 bridgehead atoms. The zero-order chi connectivity index (χ0) is 14.8. The van der Waals surface area contributed by atoms with E-state index in [-0.39, 0.29) is 0 Å². The van der Waals surface area contributed by atoms with E-state index in [4.69, 9.17) is 4.74 Å². The minimum absolute atomic E-state index is 0.635. The maximum Gasteiger partial charge on any atom is 0.122 e. The van der Waals surface area contributed by atoms with Crippen LogP contribution >= 0.6 is 0 Å². The number of benzene rings is 2. The molecule has 2 aromatic rings. The SMILES string of the molecule is Cc1cccc(OCc2ccc([Si](C)(C)C)cc2)c1C. The number of rotatable bonds is 4. The lowest BCUT2D eigenvalue weighted by Crippen LogP contribution is -2.37. The largest absolute Gasteiger partial charge is 0.489 e. The van der Waals surface area contributed by atoms with Gasteiger partial charge in [-0.25, -0.2) is 0 Å². The summed E-state index contributed by atoms with van der Waals surface area (Å²) in [6.45, 7) is 12.0. The molecule has 2 heteroatoms. The molecule has 0 aliphatic heterocycles. The summed E-state index contributed by atoms with van der Waals surface area (Å²) in [5.41, 5.74) is 3.73. The Balaban J connectivity index is 2.06. The summed E-state index contributed by atoms with van der Waals surface area (Å²) in [6, 6.07) is 15.1. The van der Waals surface area contributed by atoms with E-state index in [0.717, 1.165) is 5.75 Å². The van der Waals surface area contributed by atoms with Gasteiger partial charge in [-0.05, 0) is 36.6 Å². The predicted octanol–water partition coefficient (Wildman–Crippen LogP) is 4.43. The van der Waals surface area contributed by atoms with Crippen LogP contribution in [0.3, 0.4) is 0 Å². The highest BCUT2D eigenvalue weighted by atomic mass is 28.3. The van der Waals surface area contributed by atoms with Gasteiger partial charge in [-0.1, -0.05) is 61.2 Å². The highest BCUT2D eigenvalue weighted by Crippen LogP contribution is 2.21. The third-order valence-corrected chi connectivity index (χ3v) is 5.83. The second-order valence-corrected chi connectivity index (χ2v) is 11.5. The second kappa shape index (κ2) is 5.84. The molecule has 2 aromatic carbocycles. The molecule has 0 amide bonds. The van der Waals surface area contributed by atoms with E-state index >= 15 is 0 Å². The average molecular weight is 284 g/mol. The molecule has 0 unspecified atom stereocenters. The molecule has 0 saturated heterocycles. The van der Waals surface area contributed by atoms with Crippen LogP contribution in [0.4, 0.5) is 0 Å². The maximum atomic E-state index is 5.94. The molecule has 0 aliphatic rings. The molecule has 0 heterocycles. The molecule has 20 heavy (non-hydrogen) atoms. The molecule has 106 valence electrons. The van der Waals surface area contributed by atoms with Crippen LogP contribution in [0.1, 0.15) is 16.7 Å². The third-order valence-electron chi connectivity index (χ3n) is 3.77. The van der Waals surface area contributed by atoms with Crippen LogP contribution in [0.25, 0.3) is 0 Å². The minimum atomic E-state index is -1.20. The van der Waals surface area contributed by atoms with Crippen LogP contribution in [0, 0.1) is 13.8 Å². The zero-order valence-corrected chi connectivity index (χ0v) is 14.2. The number of ether oxygens (including phenoxy) is 1. The first-order valence-electron chi connectivity index (χ1n) is 7.16. The molecule has 0 N–H and O–H groups in total. The monoisotopic (exact) mass is 284 g/mol. The van der Waals surface area contributed by atoms with Crippen molar-refractivity contribution in [3.63, 3.8) is 0 Å². The molecular formula is C18H24OSi. The maximum absolute atomic E-state index is 5.94. The first kappa shape index (κ1) is 14.9. The highest BCUT2D eigenvalue weighted by Gasteiger charge is 2.15. The number of hydrogen-bond acceptors (Lipinski definition) is 1. The first-order valence-corrected chi connectivity index (χ1v) is 10.7.